The van der Waals surface area contributed by atoms with E-state index in [1.807, 2.05) is 0 Å². The molecule has 0 N–H and O–H groups in total. The van der Waals surface area contributed by atoms with E-state index in [-0.39, 0.29) is 40.6 Å². The van der Waals surface area contributed by atoms with Crippen LogP contribution < -0.4 is 52.8 Å². The Hall–Kier alpha value is -1.84. The first-order valence-corrected chi connectivity index (χ1v) is 13.9. The van der Waals surface area contributed by atoms with Gasteiger partial charge < -0.3 is 37.2 Å². The number of halogens is 3. The second-order valence-corrected chi connectivity index (χ2v) is 14.4. The zero-order chi connectivity index (χ0) is 21.9. The van der Waals surface area contributed by atoms with Crippen molar-refractivity contribution >= 4 is 23.6 Å². The number of allylic oxidation sites excluding steroid dienone is 4. The zero-order valence-corrected chi connectivity index (χ0v) is 23.9. The summed E-state index contributed by atoms with van der Waals surface area (Å²) in [5, 5.41) is 4.35. The molecule has 35 heavy (non-hydrogen) atoms. The van der Waals surface area contributed by atoms with Gasteiger partial charge in [-0.05, 0) is 0 Å². The molecule has 0 saturated heterocycles. The van der Waals surface area contributed by atoms with Gasteiger partial charge in [0.25, 0.3) is 0 Å². The molecule has 0 aliphatic heterocycles. The molecule has 1 aliphatic carbocycles. The molecule has 0 heterocycles. The van der Waals surface area contributed by atoms with Crippen LogP contribution in [0.15, 0.2) is 145 Å². The van der Waals surface area contributed by atoms with Crippen LogP contribution in [0, 0.1) is 0 Å². The number of hydrogen-bond donors (Lipinski definition) is 0. The molecule has 0 saturated carbocycles. The van der Waals surface area contributed by atoms with Crippen molar-refractivity contribution in [2.24, 2.45) is 0 Å². The molecule has 0 fully saturated rings. The van der Waals surface area contributed by atoms with Gasteiger partial charge in [0.05, 0.1) is 0 Å². The van der Waals surface area contributed by atoms with Gasteiger partial charge in [-0.25, -0.2) is 0 Å². The van der Waals surface area contributed by atoms with Crippen molar-refractivity contribution < 1.29 is 57.7 Å². The van der Waals surface area contributed by atoms with Gasteiger partial charge in [-0.15, -0.1) is 0 Å². The minimum atomic E-state index is -2.49. The summed E-state index contributed by atoms with van der Waals surface area (Å²) < 4.78 is -0.0904. The van der Waals surface area contributed by atoms with Crippen LogP contribution in [0.3, 0.4) is 0 Å². The van der Waals surface area contributed by atoms with E-state index in [9.17, 15) is 0 Å². The summed E-state index contributed by atoms with van der Waals surface area (Å²) in [6, 6.07) is 44.6. The van der Waals surface area contributed by atoms with Gasteiger partial charge in [0, 0.05) is 0 Å². The summed E-state index contributed by atoms with van der Waals surface area (Å²) in [6.07, 6.45) is 8.09. The summed E-state index contributed by atoms with van der Waals surface area (Å²) in [5.41, 5.74) is 2.86. The van der Waals surface area contributed by atoms with E-state index in [2.05, 4.69) is 160 Å². The van der Waals surface area contributed by atoms with Crippen LogP contribution in [0.25, 0.3) is 0 Å². The predicted molar refractivity (Wildman–Crippen MR) is 134 cm³/mol. The van der Waals surface area contributed by atoms with Crippen LogP contribution in [0.1, 0.15) is 5.56 Å². The van der Waals surface area contributed by atoms with Crippen molar-refractivity contribution in [2.45, 2.75) is 9.76 Å². The van der Waals surface area contributed by atoms with Crippen molar-refractivity contribution in [3.8, 4) is 0 Å². The molecule has 1 aliphatic rings. The molecule has 0 amide bonds. The fourth-order valence-electron chi connectivity index (χ4n) is 5.17. The van der Waals surface area contributed by atoms with Crippen molar-refractivity contribution in [2.75, 3.05) is 0 Å². The molecule has 174 valence electrons. The molecular weight excluding hydrogens is 543 g/mol. The summed E-state index contributed by atoms with van der Waals surface area (Å²) in [6.45, 7) is 0. The van der Waals surface area contributed by atoms with Crippen LogP contribution in [0.5, 0.6) is 0 Å². The van der Waals surface area contributed by atoms with Crippen molar-refractivity contribution in [1.82, 2.24) is 0 Å². The van der Waals surface area contributed by atoms with Crippen LogP contribution in [0.4, 0.5) is 0 Å². The van der Waals surface area contributed by atoms with Crippen molar-refractivity contribution in [3.05, 3.63) is 151 Å². The maximum absolute atomic E-state index is 2.49. The van der Waals surface area contributed by atoms with Gasteiger partial charge in [0.1, 0.15) is 0 Å². The fourth-order valence-corrected chi connectivity index (χ4v) is 13.1. The molecule has 0 radical (unpaired) electrons. The number of rotatable bonds is 6. The molecule has 4 aromatic rings. The molecule has 0 nitrogen and oxygen atoms in total. The Balaban J connectivity index is 0.00000144. The SMILES string of the molecule is [Cl-].[Cl-].[Cl-].[Ti+3][C]1([Si](c2ccccc2)(c2ccccc2)c2ccccc2)C=CC=C1Cc1ccccc1. The Morgan fingerprint density at radius 3 is 1.31 bits per heavy atom. The van der Waals surface area contributed by atoms with Gasteiger partial charge >= 0.3 is 205 Å². The van der Waals surface area contributed by atoms with E-state index in [1.165, 1.54) is 26.7 Å². The molecule has 0 aromatic heterocycles. The first-order chi connectivity index (χ1) is 15.7. The molecule has 5 heteroatoms. The zero-order valence-electron chi connectivity index (χ0n) is 19.1. The molecule has 1 atom stereocenters. The molecule has 5 rings (SSSR count). The summed E-state index contributed by atoms with van der Waals surface area (Å²) in [4.78, 5) is 0. The maximum atomic E-state index is 2.48. The fraction of sp³-hybridized carbons (Fsp3) is 0.0667. The predicted octanol–water partition coefficient (Wildman–Crippen LogP) is -3.85. The topological polar surface area (TPSA) is 0 Å². The van der Waals surface area contributed by atoms with Crippen LogP contribution >= 0.6 is 0 Å². The van der Waals surface area contributed by atoms with Gasteiger partial charge in [0.15, 0.2) is 0 Å². The van der Waals surface area contributed by atoms with E-state index in [0.717, 1.165) is 6.42 Å². The number of benzene rings is 4. The average molecular weight is 568 g/mol. The molecular formula is C30H25Cl3SiTi. The molecule has 4 aromatic carbocycles. The van der Waals surface area contributed by atoms with E-state index in [4.69, 9.17) is 0 Å². The minimum absolute atomic E-state index is 0. The normalized spacial score (nSPS) is 16.3. The summed E-state index contributed by atoms with van der Waals surface area (Å²) >= 11 is 2.48. The molecule has 0 bridgehead atoms. The monoisotopic (exact) mass is 566 g/mol. The van der Waals surface area contributed by atoms with Crippen LogP contribution in [-0.4, -0.2) is 8.07 Å². The third-order valence-corrected chi connectivity index (χ3v) is 14.4. The van der Waals surface area contributed by atoms with Gasteiger partial charge in [-0.3, -0.25) is 0 Å². The van der Waals surface area contributed by atoms with Gasteiger partial charge in [0.2, 0.25) is 0 Å². The Morgan fingerprint density at radius 2 is 0.914 bits per heavy atom. The van der Waals surface area contributed by atoms with E-state index in [1.54, 1.807) is 0 Å². The Labute approximate surface area is 240 Å². The standard InChI is InChI=1S/C30H25Si.3ClH.Ti/c1-5-14-25(15-6-1)24-26-16-13-23-30(26)31(27-17-7-2-8-18-27,28-19-9-3-10-20-28)29-21-11-4-12-22-29;;;;/h1-23H,24H2;3*1H;/q;;;;+3/p-3. The summed E-state index contributed by atoms with van der Waals surface area (Å²) in [5.74, 6) is 0. The van der Waals surface area contributed by atoms with E-state index < -0.39 is 8.07 Å². The van der Waals surface area contributed by atoms with Crippen LogP contribution in [0.2, 0.25) is 3.34 Å². The number of hydrogen-bond acceptors (Lipinski definition) is 0. The Kier molecular flexibility index (Phi) is 10.9. The quantitative estimate of drug-likeness (QED) is 0.166. The Morgan fingerprint density at radius 1 is 0.543 bits per heavy atom. The van der Waals surface area contributed by atoms with Crippen LogP contribution in [-0.2, 0) is 26.9 Å². The first-order valence-electron chi connectivity index (χ1n) is 11.1. The first kappa shape index (κ1) is 29.4. The van der Waals surface area contributed by atoms with E-state index in [0.29, 0.717) is 0 Å². The third kappa shape index (κ3) is 5.32. The molecule has 1 unspecified atom stereocenters. The summed E-state index contributed by atoms with van der Waals surface area (Å²) in [7, 11) is -2.49. The Bertz CT molecular complexity index is 1150. The second-order valence-electron chi connectivity index (χ2n) is 8.37. The van der Waals surface area contributed by atoms with Gasteiger partial charge in [-0.2, -0.15) is 0 Å². The van der Waals surface area contributed by atoms with Crippen molar-refractivity contribution in [3.63, 3.8) is 0 Å². The van der Waals surface area contributed by atoms with E-state index >= 15 is 0 Å². The molecule has 0 spiro atoms. The third-order valence-electron chi connectivity index (χ3n) is 6.60. The average Bonchev–Trinajstić information content (AvgIpc) is 3.23. The second kappa shape index (κ2) is 12.9. The van der Waals surface area contributed by atoms with Crippen molar-refractivity contribution in [1.29, 1.82) is 0 Å². The van der Waals surface area contributed by atoms with Gasteiger partial charge in [-0.1, -0.05) is 0 Å².